The zero-order valence-corrected chi connectivity index (χ0v) is 24.2. The van der Waals surface area contributed by atoms with Gasteiger partial charge < -0.3 is 40.6 Å². The summed E-state index contributed by atoms with van der Waals surface area (Å²) in [6.07, 6.45) is -3.33. The van der Waals surface area contributed by atoms with Gasteiger partial charge >= 0.3 is 24.1 Å². The highest BCUT2D eigenvalue weighted by atomic mass is 35.5. The van der Waals surface area contributed by atoms with Crippen molar-refractivity contribution in [1.82, 2.24) is 10.3 Å². The van der Waals surface area contributed by atoms with E-state index in [1.165, 1.54) is 26.4 Å². The molecule has 4 rings (SSSR count). The quantitative estimate of drug-likeness (QED) is 0.137. The van der Waals surface area contributed by atoms with Crippen molar-refractivity contribution in [2.75, 3.05) is 24.9 Å². The van der Waals surface area contributed by atoms with Crippen LogP contribution >= 0.6 is 11.6 Å². The van der Waals surface area contributed by atoms with Crippen molar-refractivity contribution in [2.24, 2.45) is 0 Å². The number of alkyl halides is 3. The van der Waals surface area contributed by atoms with Gasteiger partial charge in [0, 0.05) is 29.6 Å². The highest BCUT2D eigenvalue weighted by Gasteiger charge is 2.38. The summed E-state index contributed by atoms with van der Waals surface area (Å²) in [7, 11) is 2.81. The molecule has 0 saturated heterocycles. The summed E-state index contributed by atoms with van der Waals surface area (Å²) in [6.45, 7) is 0. The number of fused-ring (bicyclic) bond motifs is 1. The number of urea groups is 1. The largest absolute Gasteiger partial charge is 0.493 e. The number of carboxylic acids is 2. The number of aromatic nitrogens is 1. The van der Waals surface area contributed by atoms with Gasteiger partial charge in [-0.2, -0.15) is 13.2 Å². The maximum absolute atomic E-state index is 13.4. The molecule has 3 amide bonds. The molecule has 1 aromatic heterocycles. The number of benzene rings is 3. The molecule has 0 bridgehead atoms. The predicted molar refractivity (Wildman–Crippen MR) is 158 cm³/mol. The van der Waals surface area contributed by atoms with Crippen molar-refractivity contribution in [1.29, 1.82) is 0 Å². The molecule has 0 aliphatic carbocycles. The lowest BCUT2D eigenvalue weighted by atomic mass is 10.0. The van der Waals surface area contributed by atoms with E-state index >= 15 is 0 Å². The molecule has 0 unspecified atom stereocenters. The number of amides is 3. The number of halogens is 4. The van der Waals surface area contributed by atoms with Crippen LogP contribution in [0.2, 0.25) is 5.02 Å². The molecular weight excluding hydrogens is 625 g/mol. The molecular formula is C29H26ClF3N4O8. The monoisotopic (exact) mass is 650 g/mol. The van der Waals surface area contributed by atoms with E-state index in [-0.39, 0.29) is 29.2 Å². The van der Waals surface area contributed by atoms with Gasteiger partial charge in [0.15, 0.2) is 11.5 Å². The fraction of sp³-hybridized carbons (Fsp3) is 0.172. The van der Waals surface area contributed by atoms with Crippen molar-refractivity contribution in [3.63, 3.8) is 0 Å². The molecule has 12 nitrogen and oxygen atoms in total. The third-order valence-corrected chi connectivity index (χ3v) is 6.41. The number of carboxylic acid groups (broad SMARTS) is 2. The summed E-state index contributed by atoms with van der Waals surface area (Å²) in [5.41, 5.74) is 2.00. The van der Waals surface area contributed by atoms with Gasteiger partial charge in [-0.25, -0.2) is 14.4 Å². The number of aliphatic carboxylic acids is 2. The first-order valence-corrected chi connectivity index (χ1v) is 13.1. The fourth-order valence-corrected chi connectivity index (χ4v) is 4.15. The van der Waals surface area contributed by atoms with Crippen LogP contribution in [0.5, 0.6) is 11.5 Å². The number of rotatable bonds is 9. The second-order valence-corrected chi connectivity index (χ2v) is 9.45. The van der Waals surface area contributed by atoms with Crippen LogP contribution in [-0.4, -0.2) is 65.5 Å². The van der Waals surface area contributed by atoms with E-state index in [2.05, 4.69) is 20.9 Å². The van der Waals surface area contributed by atoms with Gasteiger partial charge in [-0.05, 0) is 29.8 Å². The third kappa shape index (κ3) is 9.03. The second kappa shape index (κ2) is 14.8. The molecule has 6 N–H and O–H groups in total. The normalized spacial score (nSPS) is 11.4. The standard InChI is InChI=1S/C27H25ClN4O6.C2HF3O2/c1-37-23-12-17(21(13-24(23)38-2)32-27(36)31-20-10-6-4-8-18(20)28)25(33)30-22(26(34)35)11-15-14-29-19-9-5-3-7-16(15)19;3-2(4,5)1(6)7/h3-10,12-14,22,29H,11H2,1-2H3,(H,30,33)(H,34,35)(H2,31,32,36);(H,6,7)/t22-;/m0./s1. The van der Waals surface area contributed by atoms with Gasteiger partial charge in [0.25, 0.3) is 5.91 Å². The van der Waals surface area contributed by atoms with Crippen LogP contribution in [0.1, 0.15) is 15.9 Å². The molecule has 0 aliphatic heterocycles. The Morgan fingerprint density at radius 1 is 0.911 bits per heavy atom. The van der Waals surface area contributed by atoms with Crippen molar-refractivity contribution >= 4 is 57.8 Å². The van der Waals surface area contributed by atoms with Crippen LogP contribution in [0.15, 0.2) is 66.9 Å². The van der Waals surface area contributed by atoms with Crippen LogP contribution < -0.4 is 25.4 Å². The number of ether oxygens (including phenoxy) is 2. The first-order valence-electron chi connectivity index (χ1n) is 12.7. The molecule has 0 radical (unpaired) electrons. The second-order valence-electron chi connectivity index (χ2n) is 9.04. The minimum Gasteiger partial charge on any atom is -0.493 e. The number of carbonyl (C=O) groups excluding carboxylic acids is 2. The van der Waals surface area contributed by atoms with E-state index in [9.17, 15) is 32.7 Å². The molecule has 0 aliphatic rings. The Hall–Kier alpha value is -5.44. The van der Waals surface area contributed by atoms with Crippen molar-refractivity contribution in [3.8, 4) is 11.5 Å². The molecule has 4 aromatic rings. The molecule has 238 valence electrons. The smallest absolute Gasteiger partial charge is 0.490 e. The number of nitrogens with one attached hydrogen (secondary N) is 4. The first kappa shape index (κ1) is 34.1. The lowest BCUT2D eigenvalue weighted by Crippen LogP contribution is -2.42. The number of hydrogen-bond donors (Lipinski definition) is 6. The summed E-state index contributed by atoms with van der Waals surface area (Å²) in [4.78, 5) is 50.2. The predicted octanol–water partition coefficient (Wildman–Crippen LogP) is 5.54. The minimum absolute atomic E-state index is 0.0258. The topological polar surface area (TPSA) is 179 Å². The Morgan fingerprint density at radius 2 is 1.49 bits per heavy atom. The van der Waals surface area contributed by atoms with Gasteiger partial charge in [0.1, 0.15) is 6.04 Å². The van der Waals surface area contributed by atoms with E-state index in [4.69, 9.17) is 31.0 Å². The van der Waals surface area contributed by atoms with Gasteiger partial charge in [-0.15, -0.1) is 0 Å². The highest BCUT2D eigenvalue weighted by molar-refractivity contribution is 6.33. The van der Waals surface area contributed by atoms with E-state index in [1.54, 1.807) is 30.5 Å². The number of methoxy groups -OCH3 is 2. The molecule has 3 aromatic carbocycles. The Labute approximate surface area is 258 Å². The van der Waals surface area contributed by atoms with Crippen molar-refractivity contribution in [3.05, 3.63) is 83.0 Å². The highest BCUT2D eigenvalue weighted by Crippen LogP contribution is 2.34. The fourth-order valence-electron chi connectivity index (χ4n) is 3.97. The van der Waals surface area contributed by atoms with Crippen molar-refractivity contribution < 1.29 is 52.0 Å². The number of carbonyl (C=O) groups is 4. The maximum Gasteiger partial charge on any atom is 0.490 e. The number of aromatic amines is 1. The van der Waals surface area contributed by atoms with E-state index in [1.807, 2.05) is 24.3 Å². The number of para-hydroxylation sites is 2. The minimum atomic E-state index is -5.08. The van der Waals surface area contributed by atoms with Crippen LogP contribution in [0.3, 0.4) is 0 Å². The van der Waals surface area contributed by atoms with Gasteiger partial charge in [0.05, 0.1) is 36.2 Å². The first-order chi connectivity index (χ1) is 21.2. The molecule has 1 heterocycles. The number of H-pyrrole nitrogens is 1. The van der Waals surface area contributed by atoms with E-state index < -0.39 is 36.1 Å². The third-order valence-electron chi connectivity index (χ3n) is 6.08. The van der Waals surface area contributed by atoms with E-state index in [0.29, 0.717) is 10.7 Å². The van der Waals surface area contributed by atoms with E-state index in [0.717, 1.165) is 16.5 Å². The SMILES string of the molecule is COc1cc(NC(=O)Nc2ccccc2Cl)c(C(=O)N[C@@H](Cc2c[nH]c3ccccc23)C(=O)O)cc1OC.O=C(O)C(F)(F)F. The van der Waals surface area contributed by atoms with Gasteiger partial charge in [-0.1, -0.05) is 41.9 Å². The molecule has 0 saturated carbocycles. The van der Waals surface area contributed by atoms with Crippen LogP contribution in [-0.2, 0) is 16.0 Å². The molecule has 1 atom stereocenters. The lowest BCUT2D eigenvalue weighted by Gasteiger charge is -2.18. The zero-order valence-electron chi connectivity index (χ0n) is 23.5. The Bertz CT molecular complexity index is 1710. The number of anilines is 2. The summed E-state index contributed by atoms with van der Waals surface area (Å²) in [5, 5.41) is 26.0. The van der Waals surface area contributed by atoms with Crippen molar-refractivity contribution in [2.45, 2.75) is 18.6 Å². The Kier molecular flexibility index (Phi) is 11.2. The average Bonchev–Trinajstić information content (AvgIpc) is 3.40. The lowest BCUT2D eigenvalue weighted by molar-refractivity contribution is -0.192. The Balaban J connectivity index is 0.000000707. The van der Waals surface area contributed by atoms with Gasteiger partial charge in [0.2, 0.25) is 0 Å². The van der Waals surface area contributed by atoms with Crippen LogP contribution in [0.25, 0.3) is 10.9 Å². The summed E-state index contributed by atoms with van der Waals surface area (Å²) in [5.74, 6) is -4.22. The average molecular weight is 651 g/mol. The Morgan fingerprint density at radius 3 is 2.09 bits per heavy atom. The maximum atomic E-state index is 13.4. The van der Waals surface area contributed by atoms with Gasteiger partial charge in [-0.3, -0.25) is 4.79 Å². The summed E-state index contributed by atoms with van der Waals surface area (Å²) >= 11 is 6.12. The molecule has 0 fully saturated rings. The molecule has 45 heavy (non-hydrogen) atoms. The summed E-state index contributed by atoms with van der Waals surface area (Å²) < 4.78 is 42.4. The number of hydrogen-bond acceptors (Lipinski definition) is 6. The molecule has 0 spiro atoms. The van der Waals surface area contributed by atoms with Crippen LogP contribution in [0.4, 0.5) is 29.3 Å². The summed E-state index contributed by atoms with van der Waals surface area (Å²) in [6, 6.07) is 15.0. The van der Waals surface area contributed by atoms with Crippen LogP contribution in [0, 0.1) is 0 Å². The zero-order chi connectivity index (χ0) is 33.3. The molecule has 16 heteroatoms.